The number of halogens is 1. The Kier molecular flexibility index (Phi) is 5.32. The van der Waals surface area contributed by atoms with Crippen LogP contribution < -0.4 is 16.6 Å². The number of amides is 1. The average Bonchev–Trinajstić information content (AvgIpc) is 3.11. The largest absolute Gasteiger partial charge is 0.337 e. The van der Waals surface area contributed by atoms with E-state index in [2.05, 4.69) is 5.32 Å². The molecule has 0 aliphatic carbocycles. The van der Waals surface area contributed by atoms with Crippen molar-refractivity contribution in [3.63, 3.8) is 0 Å². The third-order valence-corrected chi connectivity index (χ3v) is 6.03. The fraction of sp³-hybridized carbons (Fsp3) is 0.136. The highest BCUT2D eigenvalue weighted by molar-refractivity contribution is 7.18. The summed E-state index contributed by atoms with van der Waals surface area (Å²) in [5.74, 6) is -0.381. The second kappa shape index (κ2) is 7.93. The van der Waals surface area contributed by atoms with Crippen LogP contribution in [0.15, 0.2) is 64.2 Å². The van der Waals surface area contributed by atoms with E-state index in [1.807, 2.05) is 13.8 Å². The van der Waals surface area contributed by atoms with E-state index in [4.69, 9.17) is 11.6 Å². The fourth-order valence-corrected chi connectivity index (χ4v) is 4.44. The van der Waals surface area contributed by atoms with E-state index in [0.29, 0.717) is 26.6 Å². The molecule has 2 aromatic carbocycles. The summed E-state index contributed by atoms with van der Waals surface area (Å²) in [6, 6.07) is 15.6. The van der Waals surface area contributed by atoms with Crippen LogP contribution in [0.4, 0.5) is 5.69 Å². The number of aromatic nitrogens is 2. The SMILES string of the molecule is Cc1cc2c(=O)n(-c3ccccc3)c(=O)n(CC(=O)Nc3cc(Cl)ccc3C)c2s1. The van der Waals surface area contributed by atoms with Gasteiger partial charge in [-0.2, -0.15) is 0 Å². The van der Waals surface area contributed by atoms with Gasteiger partial charge in [-0.1, -0.05) is 35.9 Å². The number of rotatable bonds is 4. The van der Waals surface area contributed by atoms with E-state index < -0.39 is 11.2 Å². The van der Waals surface area contributed by atoms with E-state index in [9.17, 15) is 14.4 Å². The van der Waals surface area contributed by atoms with Crippen molar-refractivity contribution in [3.8, 4) is 5.69 Å². The summed E-state index contributed by atoms with van der Waals surface area (Å²) in [4.78, 5) is 40.4. The molecule has 0 aliphatic rings. The average molecular weight is 440 g/mol. The molecule has 8 heteroatoms. The Balaban J connectivity index is 1.82. The molecule has 0 saturated carbocycles. The van der Waals surface area contributed by atoms with Crippen molar-refractivity contribution in [2.45, 2.75) is 20.4 Å². The lowest BCUT2D eigenvalue weighted by atomic mass is 10.2. The summed E-state index contributed by atoms with van der Waals surface area (Å²) in [6.45, 7) is 3.49. The smallest absolute Gasteiger partial charge is 0.324 e. The molecular weight excluding hydrogens is 422 g/mol. The van der Waals surface area contributed by atoms with Crippen molar-refractivity contribution in [2.75, 3.05) is 5.32 Å². The Hall–Kier alpha value is -3.16. The molecule has 30 heavy (non-hydrogen) atoms. The lowest BCUT2D eigenvalue weighted by Gasteiger charge is -2.13. The number of nitrogens with zero attached hydrogens (tertiary/aromatic N) is 2. The van der Waals surface area contributed by atoms with Gasteiger partial charge in [0.15, 0.2) is 0 Å². The van der Waals surface area contributed by atoms with Gasteiger partial charge >= 0.3 is 5.69 Å². The number of carbonyl (C=O) groups is 1. The Morgan fingerprint density at radius 2 is 1.80 bits per heavy atom. The zero-order valence-corrected chi connectivity index (χ0v) is 17.9. The summed E-state index contributed by atoms with van der Waals surface area (Å²) in [5.41, 5.74) is 0.937. The summed E-state index contributed by atoms with van der Waals surface area (Å²) < 4.78 is 2.45. The molecule has 0 saturated heterocycles. The number of thiophene rings is 1. The van der Waals surface area contributed by atoms with Gasteiger partial charge in [-0.25, -0.2) is 9.36 Å². The van der Waals surface area contributed by atoms with Gasteiger partial charge in [-0.15, -0.1) is 11.3 Å². The third-order valence-electron chi connectivity index (χ3n) is 4.73. The van der Waals surface area contributed by atoms with Crippen LogP contribution in [0, 0.1) is 13.8 Å². The topological polar surface area (TPSA) is 73.1 Å². The van der Waals surface area contributed by atoms with E-state index in [0.717, 1.165) is 15.0 Å². The minimum absolute atomic E-state index is 0.228. The fourth-order valence-electron chi connectivity index (χ4n) is 3.28. The standard InChI is InChI=1S/C22H18ClN3O3S/c1-13-8-9-15(23)11-18(13)24-19(27)12-25-21-17(10-14(2)30-21)20(28)26(22(25)29)16-6-4-3-5-7-16/h3-11H,12H2,1-2H3,(H,24,27). The van der Waals surface area contributed by atoms with E-state index in [1.165, 1.54) is 15.9 Å². The molecule has 1 amide bonds. The summed E-state index contributed by atoms with van der Waals surface area (Å²) in [7, 11) is 0. The van der Waals surface area contributed by atoms with Gasteiger partial charge in [0.1, 0.15) is 11.4 Å². The molecule has 4 aromatic rings. The Morgan fingerprint density at radius 1 is 1.07 bits per heavy atom. The molecule has 0 radical (unpaired) electrons. The number of anilines is 1. The molecule has 4 rings (SSSR count). The summed E-state index contributed by atoms with van der Waals surface area (Å²) in [5, 5.41) is 3.72. The van der Waals surface area contributed by atoms with Crippen LogP contribution in [0.25, 0.3) is 15.9 Å². The molecule has 0 unspecified atom stereocenters. The van der Waals surface area contributed by atoms with E-state index in [-0.39, 0.29) is 12.5 Å². The number of aryl methyl sites for hydroxylation is 2. The minimum atomic E-state index is -0.557. The zero-order chi connectivity index (χ0) is 21.4. The second-order valence-corrected chi connectivity index (χ2v) is 8.60. The number of carbonyl (C=O) groups excluding carboxylic acids is 1. The van der Waals surface area contributed by atoms with Crippen LogP contribution in [0.5, 0.6) is 0 Å². The lowest BCUT2D eigenvalue weighted by molar-refractivity contribution is -0.116. The highest BCUT2D eigenvalue weighted by atomic mass is 35.5. The molecular formula is C22H18ClN3O3S. The maximum atomic E-state index is 13.3. The zero-order valence-electron chi connectivity index (χ0n) is 16.3. The molecule has 2 aromatic heterocycles. The second-order valence-electron chi connectivity index (χ2n) is 6.93. The maximum Gasteiger partial charge on any atom is 0.337 e. The van der Waals surface area contributed by atoms with Gasteiger partial charge in [-0.3, -0.25) is 14.2 Å². The molecule has 0 spiro atoms. The van der Waals surface area contributed by atoms with Crippen molar-refractivity contribution in [1.82, 2.24) is 9.13 Å². The first-order valence-corrected chi connectivity index (χ1v) is 10.4. The van der Waals surface area contributed by atoms with Gasteiger partial charge in [0.05, 0.1) is 11.1 Å². The first-order valence-electron chi connectivity index (χ1n) is 9.22. The molecule has 1 N–H and O–H groups in total. The maximum absolute atomic E-state index is 13.3. The predicted molar refractivity (Wildman–Crippen MR) is 121 cm³/mol. The molecule has 2 heterocycles. The third kappa shape index (κ3) is 3.69. The molecule has 0 fully saturated rings. The minimum Gasteiger partial charge on any atom is -0.324 e. The lowest BCUT2D eigenvalue weighted by Crippen LogP contribution is -2.40. The van der Waals surface area contributed by atoms with Crippen LogP contribution in [-0.4, -0.2) is 15.0 Å². The number of nitrogens with one attached hydrogen (secondary N) is 1. The highest BCUT2D eigenvalue weighted by Crippen LogP contribution is 2.23. The normalized spacial score (nSPS) is 11.0. The number of para-hydroxylation sites is 1. The van der Waals surface area contributed by atoms with E-state index in [1.54, 1.807) is 54.6 Å². The van der Waals surface area contributed by atoms with Gasteiger partial charge in [0.2, 0.25) is 5.91 Å². The van der Waals surface area contributed by atoms with Crippen molar-refractivity contribution in [2.24, 2.45) is 0 Å². The van der Waals surface area contributed by atoms with Gasteiger partial charge in [-0.05, 0) is 49.7 Å². The monoisotopic (exact) mass is 439 g/mol. The van der Waals surface area contributed by atoms with Crippen molar-refractivity contribution in [1.29, 1.82) is 0 Å². The van der Waals surface area contributed by atoms with Crippen LogP contribution in [0.1, 0.15) is 10.4 Å². The number of hydrogen-bond donors (Lipinski definition) is 1. The Bertz CT molecular complexity index is 1390. The van der Waals surface area contributed by atoms with Crippen LogP contribution >= 0.6 is 22.9 Å². The van der Waals surface area contributed by atoms with Crippen LogP contribution in [0.3, 0.4) is 0 Å². The van der Waals surface area contributed by atoms with E-state index >= 15 is 0 Å². The molecule has 6 nitrogen and oxygen atoms in total. The number of hydrogen-bond acceptors (Lipinski definition) is 4. The first-order chi connectivity index (χ1) is 14.3. The first kappa shape index (κ1) is 20.1. The number of benzene rings is 2. The van der Waals surface area contributed by atoms with Crippen molar-refractivity contribution in [3.05, 3.63) is 90.9 Å². The van der Waals surface area contributed by atoms with Gasteiger partial charge in [0.25, 0.3) is 5.56 Å². The number of fused-ring (bicyclic) bond motifs is 1. The summed E-state index contributed by atoms with van der Waals surface area (Å²) in [6.07, 6.45) is 0. The predicted octanol–water partition coefficient (Wildman–Crippen LogP) is 4.12. The molecule has 0 aliphatic heterocycles. The molecule has 152 valence electrons. The quantitative estimate of drug-likeness (QED) is 0.519. The van der Waals surface area contributed by atoms with Crippen molar-refractivity contribution >= 4 is 44.7 Å². The summed E-state index contributed by atoms with van der Waals surface area (Å²) >= 11 is 7.34. The Labute approximate surface area is 181 Å². The molecule has 0 atom stereocenters. The van der Waals surface area contributed by atoms with Crippen LogP contribution in [-0.2, 0) is 11.3 Å². The Morgan fingerprint density at radius 3 is 2.53 bits per heavy atom. The molecule has 0 bridgehead atoms. The highest BCUT2D eigenvalue weighted by Gasteiger charge is 2.19. The van der Waals surface area contributed by atoms with Crippen LogP contribution in [0.2, 0.25) is 5.02 Å². The van der Waals surface area contributed by atoms with Gasteiger partial charge in [0, 0.05) is 15.6 Å². The van der Waals surface area contributed by atoms with Gasteiger partial charge < -0.3 is 5.32 Å². The van der Waals surface area contributed by atoms with Crippen molar-refractivity contribution < 1.29 is 4.79 Å².